The maximum atomic E-state index is 6.53. The Morgan fingerprint density at radius 1 is 0.652 bits per heavy atom. The average Bonchev–Trinajstić information content (AvgIpc) is 3.65. The molecule has 3 unspecified atom stereocenters. The molecule has 9 rings (SSSR count). The van der Waals surface area contributed by atoms with Crippen LogP contribution in [-0.4, -0.2) is 31.5 Å². The van der Waals surface area contributed by atoms with Crippen LogP contribution in [0.3, 0.4) is 0 Å². The Labute approximate surface area is 266 Å². The van der Waals surface area contributed by atoms with Crippen LogP contribution in [0, 0.1) is 5.92 Å². The monoisotopic (exact) mass is 597 g/mol. The quantitative estimate of drug-likeness (QED) is 0.202. The van der Waals surface area contributed by atoms with E-state index in [0.717, 1.165) is 55.4 Å². The lowest BCUT2D eigenvalue weighted by Crippen LogP contribution is -2.29. The van der Waals surface area contributed by atoms with Crippen molar-refractivity contribution >= 4 is 49.4 Å². The number of rotatable bonds is 4. The summed E-state index contributed by atoms with van der Waals surface area (Å²) in [5.74, 6) is 2.47. The van der Waals surface area contributed by atoms with E-state index in [4.69, 9.17) is 19.4 Å². The van der Waals surface area contributed by atoms with Gasteiger partial charge in [-0.3, -0.25) is 0 Å². The van der Waals surface area contributed by atoms with Crippen LogP contribution in [0.15, 0.2) is 138 Å². The minimum atomic E-state index is -0.124. The molecule has 4 aromatic carbocycles. The Kier molecular flexibility index (Phi) is 6.03. The number of furan rings is 1. The number of hydrogen-bond donors (Lipinski definition) is 0. The van der Waals surface area contributed by atoms with Crippen molar-refractivity contribution in [2.45, 2.75) is 19.0 Å². The fourth-order valence-electron chi connectivity index (χ4n) is 7.09. The molecule has 0 saturated carbocycles. The molecule has 0 amide bonds. The van der Waals surface area contributed by atoms with Crippen molar-refractivity contribution in [3.05, 3.63) is 145 Å². The summed E-state index contributed by atoms with van der Waals surface area (Å²) in [6.07, 6.45) is 14.9. The summed E-state index contributed by atoms with van der Waals surface area (Å²) >= 11 is 0. The normalized spacial score (nSPS) is 19.6. The largest absolute Gasteiger partial charge is 0.455 e. The van der Waals surface area contributed by atoms with E-state index < -0.39 is 0 Å². The van der Waals surface area contributed by atoms with Crippen molar-refractivity contribution in [3.8, 4) is 11.4 Å². The SMILES string of the molecule is CC1C=CC=CC1c1nc(C2=CC=CC(n3c4ccccc4c4c5oc6ccccc6c5ccc43)N2C)nc(-c2ccccc2)n1. The highest BCUT2D eigenvalue weighted by atomic mass is 16.3. The minimum Gasteiger partial charge on any atom is -0.455 e. The standard InChI is InChI=1S/C40H31N5O/c1-25-13-6-7-16-27(25)39-41-38(26-14-4-3-5-15-26)42-40(43-39)33-20-12-22-35(44(33)2)45-31-19-10-8-18-30(31)36-32(45)24-23-29-28-17-9-11-21-34(28)46-37(29)36/h3-25,27,35H,1-2H3. The number of fused-ring (bicyclic) bond motifs is 7. The van der Waals surface area contributed by atoms with E-state index in [-0.39, 0.29) is 18.0 Å². The van der Waals surface area contributed by atoms with E-state index in [0.29, 0.717) is 11.6 Å². The van der Waals surface area contributed by atoms with Crippen LogP contribution in [0.2, 0.25) is 0 Å². The lowest BCUT2D eigenvalue weighted by molar-refractivity contribution is 0.328. The minimum absolute atomic E-state index is 0.0681. The van der Waals surface area contributed by atoms with E-state index >= 15 is 0 Å². The fourth-order valence-corrected chi connectivity index (χ4v) is 7.09. The van der Waals surface area contributed by atoms with Gasteiger partial charge in [-0.15, -0.1) is 0 Å². The number of allylic oxidation sites excluding steroid dienone is 6. The van der Waals surface area contributed by atoms with Gasteiger partial charge in [0.25, 0.3) is 0 Å². The van der Waals surface area contributed by atoms with E-state index in [9.17, 15) is 0 Å². The van der Waals surface area contributed by atoms with Crippen LogP contribution in [0.4, 0.5) is 0 Å². The predicted octanol–water partition coefficient (Wildman–Crippen LogP) is 9.43. The Hall–Kier alpha value is -5.75. The number of likely N-dealkylation sites (N-methyl/N-ethyl adjacent to an activating group) is 1. The Bertz CT molecular complexity index is 2430. The summed E-state index contributed by atoms with van der Waals surface area (Å²) in [6, 6.07) is 31.5. The molecule has 222 valence electrons. The smallest absolute Gasteiger partial charge is 0.179 e. The second kappa shape index (κ2) is 10.4. The predicted molar refractivity (Wildman–Crippen MR) is 186 cm³/mol. The van der Waals surface area contributed by atoms with Crippen LogP contribution in [0.5, 0.6) is 0 Å². The Morgan fingerprint density at radius 2 is 1.41 bits per heavy atom. The molecule has 0 saturated heterocycles. The maximum absolute atomic E-state index is 6.53. The van der Waals surface area contributed by atoms with Crippen molar-refractivity contribution < 1.29 is 4.42 Å². The van der Waals surface area contributed by atoms with Gasteiger partial charge in [-0.05, 0) is 42.3 Å². The van der Waals surface area contributed by atoms with Crippen molar-refractivity contribution in [2.24, 2.45) is 5.92 Å². The zero-order chi connectivity index (χ0) is 30.8. The first-order valence-electron chi connectivity index (χ1n) is 15.8. The molecule has 6 heteroatoms. The first-order valence-corrected chi connectivity index (χ1v) is 15.8. The van der Waals surface area contributed by atoms with E-state index in [2.05, 4.69) is 127 Å². The third-order valence-electron chi connectivity index (χ3n) is 9.42. The highest BCUT2D eigenvalue weighted by molar-refractivity contribution is 6.23. The second-order valence-electron chi connectivity index (χ2n) is 12.1. The Balaban J connectivity index is 1.21. The first-order chi connectivity index (χ1) is 22.7. The molecule has 0 fully saturated rings. The van der Waals surface area contributed by atoms with Gasteiger partial charge >= 0.3 is 0 Å². The molecule has 6 nitrogen and oxygen atoms in total. The van der Waals surface area contributed by atoms with Gasteiger partial charge in [0.15, 0.2) is 11.6 Å². The van der Waals surface area contributed by atoms with Crippen molar-refractivity contribution in [2.75, 3.05) is 7.05 Å². The van der Waals surface area contributed by atoms with Crippen LogP contribution in [0.1, 0.15) is 30.7 Å². The first kappa shape index (κ1) is 26.6. The van der Waals surface area contributed by atoms with Crippen molar-refractivity contribution in [1.29, 1.82) is 0 Å². The third kappa shape index (κ3) is 4.07. The number of nitrogens with zero attached hydrogens (tertiary/aromatic N) is 5. The molecule has 0 N–H and O–H groups in total. The highest BCUT2D eigenvalue weighted by Crippen LogP contribution is 2.42. The van der Waals surface area contributed by atoms with Crippen molar-refractivity contribution in [1.82, 2.24) is 24.4 Å². The zero-order valence-corrected chi connectivity index (χ0v) is 25.6. The molecule has 4 heterocycles. The van der Waals surface area contributed by atoms with Gasteiger partial charge in [0.1, 0.15) is 23.2 Å². The zero-order valence-electron chi connectivity index (χ0n) is 25.6. The van der Waals surface area contributed by atoms with Crippen LogP contribution < -0.4 is 0 Å². The third-order valence-corrected chi connectivity index (χ3v) is 9.42. The molecule has 1 aliphatic heterocycles. The van der Waals surface area contributed by atoms with Gasteiger partial charge < -0.3 is 13.9 Å². The molecule has 46 heavy (non-hydrogen) atoms. The van der Waals surface area contributed by atoms with Crippen LogP contribution >= 0.6 is 0 Å². The fraction of sp³-hybridized carbons (Fsp3) is 0.125. The molecular formula is C40H31N5O. The van der Waals surface area contributed by atoms with Gasteiger partial charge in [0.05, 0.1) is 22.1 Å². The molecule has 1 aliphatic carbocycles. The maximum Gasteiger partial charge on any atom is 0.179 e. The van der Waals surface area contributed by atoms with Gasteiger partial charge in [0, 0.05) is 34.7 Å². The highest BCUT2D eigenvalue weighted by Gasteiger charge is 2.29. The summed E-state index contributed by atoms with van der Waals surface area (Å²) in [5.41, 5.74) is 5.99. The molecule has 0 bridgehead atoms. The Morgan fingerprint density at radius 3 is 2.28 bits per heavy atom. The number of hydrogen-bond acceptors (Lipinski definition) is 5. The second-order valence-corrected chi connectivity index (χ2v) is 12.1. The van der Waals surface area contributed by atoms with E-state index in [1.165, 1.54) is 5.39 Å². The average molecular weight is 598 g/mol. The van der Waals surface area contributed by atoms with Crippen LogP contribution in [-0.2, 0) is 0 Å². The van der Waals surface area contributed by atoms with Gasteiger partial charge in [-0.25, -0.2) is 15.0 Å². The molecule has 3 atom stereocenters. The van der Waals surface area contributed by atoms with E-state index in [1.54, 1.807) is 0 Å². The molecule has 0 radical (unpaired) electrons. The summed E-state index contributed by atoms with van der Waals surface area (Å²) in [6.45, 7) is 2.21. The molecular weight excluding hydrogens is 566 g/mol. The van der Waals surface area contributed by atoms with Gasteiger partial charge in [0.2, 0.25) is 0 Å². The lowest BCUT2D eigenvalue weighted by atomic mass is 9.89. The number of benzene rings is 4. The number of para-hydroxylation sites is 2. The van der Waals surface area contributed by atoms with E-state index in [1.807, 2.05) is 30.3 Å². The number of aromatic nitrogens is 4. The summed E-state index contributed by atoms with van der Waals surface area (Å²) < 4.78 is 8.93. The summed E-state index contributed by atoms with van der Waals surface area (Å²) in [5, 5.41) is 4.56. The molecule has 3 aromatic heterocycles. The van der Waals surface area contributed by atoms with Crippen molar-refractivity contribution in [3.63, 3.8) is 0 Å². The van der Waals surface area contributed by atoms with Gasteiger partial charge in [-0.2, -0.15) is 0 Å². The summed E-state index contributed by atoms with van der Waals surface area (Å²) in [4.78, 5) is 17.5. The lowest BCUT2D eigenvalue weighted by Gasteiger charge is -2.34. The molecule has 2 aliphatic rings. The van der Waals surface area contributed by atoms with Crippen LogP contribution in [0.25, 0.3) is 60.8 Å². The topological polar surface area (TPSA) is 60.0 Å². The molecule has 7 aromatic rings. The van der Waals surface area contributed by atoms with Gasteiger partial charge in [-0.1, -0.05) is 104 Å². The molecule has 0 spiro atoms. The summed E-state index contributed by atoms with van der Waals surface area (Å²) in [7, 11) is 2.12.